The third kappa shape index (κ3) is 6.48. The van der Waals surface area contributed by atoms with Crippen LogP contribution in [0.5, 0.6) is 0 Å². The maximum absolute atomic E-state index is 12.7. The van der Waals surface area contributed by atoms with Gasteiger partial charge >= 0.3 is 12.1 Å². The molecule has 3 heterocycles. The summed E-state index contributed by atoms with van der Waals surface area (Å²) in [6.45, 7) is 6.34. The summed E-state index contributed by atoms with van der Waals surface area (Å²) in [6.07, 6.45) is -2.02. The van der Waals surface area contributed by atoms with E-state index in [1.54, 1.807) is 6.20 Å². The molecule has 1 N–H and O–H groups in total. The molecule has 4 rings (SSSR count). The highest BCUT2D eigenvalue weighted by molar-refractivity contribution is 8.01. The number of aryl methyl sites for hydroxylation is 2. The van der Waals surface area contributed by atoms with Crippen molar-refractivity contribution >= 4 is 23.6 Å². The Morgan fingerprint density at radius 1 is 1.21 bits per heavy atom. The first kappa shape index (κ1) is 25.0. The number of ether oxygens (including phenoxy) is 1. The van der Waals surface area contributed by atoms with E-state index >= 15 is 0 Å². The Kier molecular flexibility index (Phi) is 7.69. The van der Waals surface area contributed by atoms with Crippen molar-refractivity contribution < 1.29 is 32.6 Å². The van der Waals surface area contributed by atoms with E-state index in [0.29, 0.717) is 6.61 Å². The molecular formula is C23H25F3N2O4S. The van der Waals surface area contributed by atoms with Crippen LogP contribution in [0.15, 0.2) is 42.6 Å². The van der Waals surface area contributed by atoms with Crippen LogP contribution in [-0.2, 0) is 16.1 Å². The van der Waals surface area contributed by atoms with E-state index in [9.17, 15) is 18.0 Å². The number of carbonyl (C=O) groups excluding carboxylic acids is 1. The van der Waals surface area contributed by atoms with Crippen LogP contribution in [0.25, 0.3) is 0 Å². The van der Waals surface area contributed by atoms with Gasteiger partial charge in [0.15, 0.2) is 0 Å². The average Bonchev–Trinajstić information content (AvgIpc) is 3.18. The molecule has 1 atom stereocenters. The van der Waals surface area contributed by atoms with Gasteiger partial charge in [-0.25, -0.2) is 4.79 Å². The molecule has 0 radical (unpaired) electrons. The third-order valence-corrected chi connectivity index (χ3v) is 7.19. The van der Waals surface area contributed by atoms with Crippen molar-refractivity contribution in [3.8, 4) is 0 Å². The summed E-state index contributed by atoms with van der Waals surface area (Å²) in [4.78, 5) is 27.9. The van der Waals surface area contributed by atoms with Gasteiger partial charge < -0.3 is 14.7 Å². The number of thioether (sulfide) groups is 1. The Balaban J connectivity index is 0.000000383. The Morgan fingerprint density at radius 2 is 1.91 bits per heavy atom. The fourth-order valence-corrected chi connectivity index (χ4v) is 5.22. The SMILES string of the molecule is Cc1ccc(C(=O)N2CC3(CC(OCc4ccccn4)CS3)C2)cc1C.O=C(O)C(F)(F)F. The molecule has 2 aromatic rings. The van der Waals surface area contributed by atoms with Gasteiger partial charge in [0.2, 0.25) is 0 Å². The Morgan fingerprint density at radius 3 is 2.48 bits per heavy atom. The zero-order valence-corrected chi connectivity index (χ0v) is 19.1. The van der Waals surface area contributed by atoms with Crippen LogP contribution in [0.2, 0.25) is 0 Å². The second-order valence-electron chi connectivity index (χ2n) is 8.22. The summed E-state index contributed by atoms with van der Waals surface area (Å²) in [6, 6.07) is 11.9. The molecular weight excluding hydrogens is 457 g/mol. The molecule has 0 aliphatic carbocycles. The highest BCUT2D eigenvalue weighted by Crippen LogP contribution is 2.46. The van der Waals surface area contributed by atoms with Crippen molar-refractivity contribution in [1.29, 1.82) is 0 Å². The fourth-order valence-electron chi connectivity index (χ4n) is 3.67. The smallest absolute Gasteiger partial charge is 0.475 e. The van der Waals surface area contributed by atoms with Crippen molar-refractivity contribution in [3.63, 3.8) is 0 Å². The number of carbonyl (C=O) groups is 2. The molecule has 1 amide bonds. The number of alkyl halides is 3. The molecule has 2 fully saturated rings. The van der Waals surface area contributed by atoms with E-state index in [1.807, 2.05) is 53.1 Å². The number of carboxylic acid groups (broad SMARTS) is 1. The predicted molar refractivity (Wildman–Crippen MR) is 118 cm³/mol. The highest BCUT2D eigenvalue weighted by Gasteiger charge is 2.51. The van der Waals surface area contributed by atoms with Crippen LogP contribution < -0.4 is 0 Å². The topological polar surface area (TPSA) is 79.7 Å². The maximum atomic E-state index is 12.7. The molecule has 2 aliphatic heterocycles. The Hall–Kier alpha value is -2.59. The van der Waals surface area contributed by atoms with Gasteiger partial charge in [0, 0.05) is 30.6 Å². The van der Waals surface area contributed by atoms with E-state index in [2.05, 4.69) is 18.8 Å². The maximum Gasteiger partial charge on any atom is 0.490 e. The molecule has 1 spiro atoms. The summed E-state index contributed by atoms with van der Waals surface area (Å²) >= 11 is 1.96. The second kappa shape index (κ2) is 10.1. The summed E-state index contributed by atoms with van der Waals surface area (Å²) in [5.74, 6) is -1.61. The van der Waals surface area contributed by atoms with Crippen molar-refractivity contribution in [2.45, 2.75) is 43.9 Å². The molecule has 0 bridgehead atoms. The van der Waals surface area contributed by atoms with Gasteiger partial charge in [0.1, 0.15) is 0 Å². The number of aliphatic carboxylic acids is 1. The zero-order chi connectivity index (χ0) is 24.2. The van der Waals surface area contributed by atoms with Crippen molar-refractivity contribution in [2.75, 3.05) is 18.8 Å². The predicted octanol–water partition coefficient (Wildman–Crippen LogP) is 4.25. The minimum atomic E-state index is -5.08. The molecule has 33 heavy (non-hydrogen) atoms. The van der Waals surface area contributed by atoms with Gasteiger partial charge in [-0.2, -0.15) is 13.2 Å². The number of aromatic nitrogens is 1. The number of rotatable bonds is 4. The first-order chi connectivity index (χ1) is 15.5. The van der Waals surface area contributed by atoms with Crippen LogP contribution >= 0.6 is 11.8 Å². The van der Waals surface area contributed by atoms with Crippen molar-refractivity contribution in [2.24, 2.45) is 0 Å². The van der Waals surface area contributed by atoms with Crippen LogP contribution in [-0.4, -0.2) is 62.7 Å². The van der Waals surface area contributed by atoms with Gasteiger partial charge in [-0.15, -0.1) is 11.8 Å². The minimum absolute atomic E-state index is 0.150. The van der Waals surface area contributed by atoms with Gasteiger partial charge in [0.25, 0.3) is 5.91 Å². The molecule has 1 aromatic heterocycles. The standard InChI is InChI=1S/C21H24N2O2S.C2HF3O2/c1-15-6-7-17(9-16(15)2)20(24)23-13-21(14-23)10-19(12-26-21)25-11-18-5-3-4-8-22-18;3-2(4,5)1(6)7/h3-9,19H,10-14H2,1-2H3;(H,6,7). The lowest BCUT2D eigenvalue weighted by molar-refractivity contribution is -0.192. The second-order valence-corrected chi connectivity index (χ2v) is 9.70. The van der Waals surface area contributed by atoms with Crippen LogP contribution in [0.4, 0.5) is 13.2 Å². The Labute approximate surface area is 194 Å². The zero-order valence-electron chi connectivity index (χ0n) is 18.3. The van der Waals surface area contributed by atoms with Crippen molar-refractivity contribution in [1.82, 2.24) is 9.88 Å². The number of benzene rings is 1. The number of nitrogens with zero attached hydrogens (tertiary/aromatic N) is 2. The summed E-state index contributed by atoms with van der Waals surface area (Å²) in [5.41, 5.74) is 4.16. The molecule has 1 aromatic carbocycles. The lowest BCUT2D eigenvalue weighted by Gasteiger charge is -2.47. The summed E-state index contributed by atoms with van der Waals surface area (Å²) in [5, 5.41) is 7.12. The third-order valence-electron chi connectivity index (χ3n) is 5.61. The summed E-state index contributed by atoms with van der Waals surface area (Å²) in [7, 11) is 0. The molecule has 2 saturated heterocycles. The summed E-state index contributed by atoms with van der Waals surface area (Å²) < 4.78 is 38.0. The number of hydrogen-bond donors (Lipinski definition) is 1. The van der Waals surface area contributed by atoms with Gasteiger partial charge in [-0.3, -0.25) is 9.78 Å². The number of halogens is 3. The quantitative estimate of drug-likeness (QED) is 0.702. The number of likely N-dealkylation sites (tertiary alicyclic amines) is 1. The lowest BCUT2D eigenvalue weighted by Crippen LogP contribution is -2.60. The average molecular weight is 483 g/mol. The molecule has 178 valence electrons. The number of amides is 1. The minimum Gasteiger partial charge on any atom is -0.475 e. The van der Waals surface area contributed by atoms with Gasteiger partial charge in [-0.05, 0) is 55.7 Å². The van der Waals surface area contributed by atoms with Crippen LogP contribution in [0, 0.1) is 13.8 Å². The van der Waals surface area contributed by atoms with E-state index < -0.39 is 12.1 Å². The largest absolute Gasteiger partial charge is 0.490 e. The monoisotopic (exact) mass is 482 g/mol. The highest BCUT2D eigenvalue weighted by atomic mass is 32.2. The Bertz CT molecular complexity index is 995. The lowest BCUT2D eigenvalue weighted by atomic mass is 9.92. The number of hydrogen-bond acceptors (Lipinski definition) is 5. The number of pyridine rings is 1. The van der Waals surface area contributed by atoms with Crippen LogP contribution in [0.3, 0.4) is 0 Å². The molecule has 6 nitrogen and oxygen atoms in total. The molecule has 2 aliphatic rings. The van der Waals surface area contributed by atoms with E-state index in [4.69, 9.17) is 14.6 Å². The normalized spacial score (nSPS) is 18.9. The first-order valence-corrected chi connectivity index (χ1v) is 11.3. The molecule has 10 heteroatoms. The van der Waals surface area contributed by atoms with Crippen molar-refractivity contribution in [3.05, 3.63) is 65.0 Å². The van der Waals surface area contributed by atoms with Gasteiger partial charge in [-0.1, -0.05) is 12.1 Å². The number of carboxylic acids is 1. The van der Waals surface area contributed by atoms with Crippen LogP contribution in [0.1, 0.15) is 33.6 Å². The van der Waals surface area contributed by atoms with Gasteiger partial charge in [0.05, 0.1) is 23.2 Å². The molecule has 0 saturated carbocycles. The van der Waals surface area contributed by atoms with E-state index in [-0.39, 0.29) is 16.8 Å². The first-order valence-electron chi connectivity index (χ1n) is 10.3. The fraction of sp³-hybridized carbons (Fsp3) is 0.435. The molecule has 1 unspecified atom stereocenters. The van der Waals surface area contributed by atoms with E-state index in [1.165, 1.54) is 11.1 Å². The van der Waals surface area contributed by atoms with E-state index in [0.717, 1.165) is 36.5 Å².